The lowest BCUT2D eigenvalue weighted by molar-refractivity contribution is -0.143. The molecular weight excluding hydrogens is 641 g/mol. The van der Waals surface area contributed by atoms with Crippen molar-refractivity contribution in [2.45, 2.75) is 173 Å². The third-order valence-electron chi connectivity index (χ3n) is 10.9. The zero-order chi connectivity index (χ0) is 36.6. The van der Waals surface area contributed by atoms with Crippen molar-refractivity contribution in [2.24, 2.45) is 0 Å². The van der Waals surface area contributed by atoms with Crippen molar-refractivity contribution in [1.82, 2.24) is 15.1 Å². The van der Waals surface area contributed by atoms with Gasteiger partial charge in [0.15, 0.2) is 0 Å². The van der Waals surface area contributed by atoms with E-state index >= 15 is 0 Å². The van der Waals surface area contributed by atoms with Gasteiger partial charge in [0, 0.05) is 38.0 Å². The Morgan fingerprint density at radius 3 is 1.82 bits per heavy atom. The number of hydrogen-bond donors (Lipinski definition) is 1. The molecule has 0 unspecified atom stereocenters. The molecule has 0 saturated carbocycles. The molecule has 3 rings (SSSR count). The summed E-state index contributed by atoms with van der Waals surface area (Å²) in [7, 11) is 0. The average molecular weight is 712 g/mol. The lowest BCUT2D eigenvalue weighted by atomic mass is 9.83. The third-order valence-corrected chi connectivity index (χ3v) is 10.9. The first-order chi connectivity index (χ1) is 24.9. The number of benzene rings is 1. The van der Waals surface area contributed by atoms with Crippen LogP contribution >= 0.6 is 0 Å². The van der Waals surface area contributed by atoms with E-state index in [0.717, 1.165) is 84.1 Å². The number of ether oxygens (including phenoxy) is 1. The fraction of sp³-hybridized carbons (Fsp3) is 0.744. The van der Waals surface area contributed by atoms with Gasteiger partial charge in [0.2, 0.25) is 11.8 Å². The van der Waals surface area contributed by atoms with Gasteiger partial charge in [-0.25, -0.2) is 4.39 Å². The third kappa shape index (κ3) is 16.3. The zero-order valence-electron chi connectivity index (χ0n) is 32.3. The monoisotopic (exact) mass is 712 g/mol. The Hall–Kier alpha value is -2.58. The molecule has 2 aliphatic heterocycles. The van der Waals surface area contributed by atoms with E-state index in [1.165, 1.54) is 82.8 Å². The Kier molecular flexibility index (Phi) is 21.3. The van der Waals surface area contributed by atoms with Crippen LogP contribution in [0.2, 0.25) is 0 Å². The maximum atomic E-state index is 13.8. The maximum Gasteiger partial charge on any atom is 0.311 e. The minimum atomic E-state index is -0.647. The van der Waals surface area contributed by atoms with Gasteiger partial charge in [-0.2, -0.15) is 0 Å². The normalized spacial score (nSPS) is 17.0. The molecule has 0 atom stereocenters. The molecule has 51 heavy (non-hydrogen) atoms. The summed E-state index contributed by atoms with van der Waals surface area (Å²) in [6.07, 6.45) is 26.8. The average Bonchev–Trinajstić information content (AvgIpc) is 3.14. The van der Waals surface area contributed by atoms with Gasteiger partial charge >= 0.3 is 5.97 Å². The highest BCUT2D eigenvalue weighted by Crippen LogP contribution is 2.32. The van der Waals surface area contributed by atoms with Gasteiger partial charge in [0.25, 0.3) is 0 Å². The molecule has 0 bridgehead atoms. The highest BCUT2D eigenvalue weighted by atomic mass is 19.1. The van der Waals surface area contributed by atoms with Crippen molar-refractivity contribution in [3.05, 3.63) is 41.7 Å². The molecule has 2 amide bonds. The number of likely N-dealkylation sites (tertiary alicyclic amines) is 2. The lowest BCUT2D eigenvalue weighted by Crippen LogP contribution is -2.64. The van der Waals surface area contributed by atoms with Crippen molar-refractivity contribution in [3.8, 4) is 0 Å². The summed E-state index contributed by atoms with van der Waals surface area (Å²) in [5.41, 5.74) is 0.0446. The molecular formula is C43H70FN3O4. The van der Waals surface area contributed by atoms with Crippen LogP contribution in [0.1, 0.15) is 174 Å². The number of piperidine rings is 2. The number of carbonyl (C=O) groups excluding carboxylic acids is 3. The van der Waals surface area contributed by atoms with Crippen LogP contribution in [0.25, 0.3) is 5.76 Å². The molecule has 2 aliphatic rings. The van der Waals surface area contributed by atoms with Crippen LogP contribution in [0.3, 0.4) is 0 Å². The van der Waals surface area contributed by atoms with E-state index in [9.17, 15) is 18.8 Å². The summed E-state index contributed by atoms with van der Waals surface area (Å²) >= 11 is 0. The summed E-state index contributed by atoms with van der Waals surface area (Å²) in [6.45, 7) is 8.52. The second kappa shape index (κ2) is 25.4. The fourth-order valence-corrected chi connectivity index (χ4v) is 7.67. The van der Waals surface area contributed by atoms with Crippen molar-refractivity contribution in [3.63, 3.8) is 0 Å². The quantitative estimate of drug-likeness (QED) is 0.0618. The molecule has 1 N–H and O–H groups in total. The van der Waals surface area contributed by atoms with Crippen LogP contribution in [0.15, 0.2) is 30.3 Å². The number of nitrogens with one attached hydrogen (secondary N) is 1. The summed E-state index contributed by atoms with van der Waals surface area (Å²) in [6, 6.07) is 6.11. The van der Waals surface area contributed by atoms with Crippen molar-refractivity contribution < 1.29 is 23.5 Å². The second-order valence-electron chi connectivity index (χ2n) is 15.1. The Bertz CT molecular complexity index is 1160. The van der Waals surface area contributed by atoms with E-state index in [1.54, 1.807) is 12.1 Å². The molecule has 1 aromatic rings. The molecule has 0 spiro atoms. The van der Waals surface area contributed by atoms with Gasteiger partial charge in [0.05, 0.1) is 0 Å². The summed E-state index contributed by atoms with van der Waals surface area (Å²) in [5, 5.41) is 2.83. The van der Waals surface area contributed by atoms with Gasteiger partial charge in [-0.05, 0) is 88.4 Å². The smallest absolute Gasteiger partial charge is 0.311 e. The zero-order valence-corrected chi connectivity index (χ0v) is 32.3. The summed E-state index contributed by atoms with van der Waals surface area (Å²) in [4.78, 5) is 44.3. The highest BCUT2D eigenvalue weighted by Gasteiger charge is 2.46. The number of esters is 1. The molecule has 7 nitrogen and oxygen atoms in total. The fourth-order valence-electron chi connectivity index (χ4n) is 7.67. The SMILES string of the molecule is CCCCCCCCCCC(=O)NC(=O)C1(N2CCCCC2)CCN(CC/C=C(\OC(=O)CCCCCCCCCC)c2ccc(F)cc2)CC1. The Balaban J connectivity index is 1.50. The van der Waals surface area contributed by atoms with Gasteiger partial charge < -0.3 is 9.64 Å². The predicted octanol–water partition coefficient (Wildman–Crippen LogP) is 10.1. The number of amides is 2. The first-order valence-electron chi connectivity index (χ1n) is 20.9. The standard InChI is InChI=1S/C43H70FN3O4/c1-3-5-7-9-11-13-15-18-24-40(48)45-42(50)43(47-33-20-17-21-34-47)30-35-46(36-31-43)32-22-23-39(37-26-28-38(44)29-27-37)51-41(49)25-19-16-14-12-10-8-6-4-2/h23,26-29H,3-22,24-25,30-36H2,1-2H3,(H,45,48,50)/b39-23-. The molecule has 2 saturated heterocycles. The number of hydrogen-bond acceptors (Lipinski definition) is 6. The predicted molar refractivity (Wildman–Crippen MR) is 207 cm³/mol. The van der Waals surface area contributed by atoms with E-state index in [2.05, 4.69) is 29.0 Å². The van der Waals surface area contributed by atoms with Crippen molar-refractivity contribution in [2.75, 3.05) is 32.7 Å². The van der Waals surface area contributed by atoms with Crippen molar-refractivity contribution in [1.29, 1.82) is 0 Å². The van der Waals surface area contributed by atoms with E-state index in [4.69, 9.17) is 4.74 Å². The first kappa shape index (κ1) is 42.8. The first-order valence-corrected chi connectivity index (χ1v) is 20.9. The minimum Gasteiger partial charge on any atom is -0.426 e. The number of nitrogens with zero attached hydrogens (tertiary/aromatic N) is 2. The van der Waals surface area contributed by atoms with Crippen LogP contribution in [0.5, 0.6) is 0 Å². The Morgan fingerprint density at radius 2 is 1.25 bits per heavy atom. The van der Waals surface area contributed by atoms with Gasteiger partial charge in [-0.1, -0.05) is 110 Å². The number of halogens is 1. The van der Waals surface area contributed by atoms with Crippen molar-refractivity contribution >= 4 is 23.5 Å². The Morgan fingerprint density at radius 1 is 0.725 bits per heavy atom. The highest BCUT2D eigenvalue weighted by molar-refractivity contribution is 6.00. The molecule has 2 fully saturated rings. The van der Waals surface area contributed by atoms with Gasteiger partial charge in [-0.15, -0.1) is 0 Å². The van der Waals surface area contributed by atoms with Gasteiger partial charge in [-0.3, -0.25) is 24.6 Å². The van der Waals surface area contributed by atoms with E-state index in [1.807, 2.05) is 6.08 Å². The van der Waals surface area contributed by atoms with Gasteiger partial charge in [0.1, 0.15) is 17.1 Å². The van der Waals surface area contributed by atoms with E-state index in [-0.39, 0.29) is 23.6 Å². The maximum absolute atomic E-state index is 13.8. The number of rotatable bonds is 25. The molecule has 2 heterocycles. The lowest BCUT2D eigenvalue weighted by Gasteiger charge is -2.48. The number of unbranched alkanes of at least 4 members (excludes halogenated alkanes) is 14. The molecule has 0 aliphatic carbocycles. The van der Waals surface area contributed by atoms with E-state index in [0.29, 0.717) is 43.4 Å². The Labute approximate surface area is 309 Å². The van der Waals surface area contributed by atoms with Crippen LogP contribution in [0, 0.1) is 5.82 Å². The molecule has 288 valence electrons. The molecule has 0 radical (unpaired) electrons. The number of carbonyl (C=O) groups is 3. The molecule has 1 aromatic carbocycles. The minimum absolute atomic E-state index is 0.115. The van der Waals surface area contributed by atoms with Crippen LogP contribution < -0.4 is 5.32 Å². The van der Waals surface area contributed by atoms with Crippen LogP contribution in [-0.2, 0) is 19.1 Å². The summed E-state index contributed by atoms with van der Waals surface area (Å²) in [5.74, 6) is -0.346. The number of imide groups is 1. The molecule has 8 heteroatoms. The van der Waals surface area contributed by atoms with E-state index < -0.39 is 5.54 Å². The summed E-state index contributed by atoms with van der Waals surface area (Å²) < 4.78 is 19.6. The largest absolute Gasteiger partial charge is 0.426 e. The topological polar surface area (TPSA) is 79.0 Å². The molecule has 0 aromatic heterocycles. The second-order valence-corrected chi connectivity index (χ2v) is 15.1. The van der Waals surface area contributed by atoms with Crippen LogP contribution in [0.4, 0.5) is 4.39 Å². The van der Waals surface area contributed by atoms with Crippen LogP contribution in [-0.4, -0.2) is 65.8 Å².